The van der Waals surface area contributed by atoms with Gasteiger partial charge in [-0.1, -0.05) is 0 Å². The second-order valence-electron chi connectivity index (χ2n) is 0.874. The highest BCUT2D eigenvalue weighted by atomic mass is 32.2. The quantitative estimate of drug-likeness (QED) is 0.149. The molecule has 0 aromatic rings. The normalized spacial score (nSPS) is 10.1. The van der Waals surface area contributed by atoms with E-state index in [1.807, 2.05) is 0 Å². The summed E-state index contributed by atoms with van der Waals surface area (Å²) >= 11 is 0. The number of nitrogens with two attached hydrogens (primary N) is 1. The summed E-state index contributed by atoms with van der Waals surface area (Å²) in [7, 11) is -4.50. The van der Waals surface area contributed by atoms with Gasteiger partial charge < -0.3 is 0 Å². The van der Waals surface area contributed by atoms with Crippen LogP contribution in [0.4, 0.5) is 0 Å². The first-order chi connectivity index (χ1) is 3.48. The summed E-state index contributed by atoms with van der Waals surface area (Å²) in [6.45, 7) is 0. The zero-order chi connectivity index (χ0) is 6.78. The molecule has 46 valence electrons. The molecule has 0 amide bonds. The predicted molar refractivity (Wildman–Crippen MR) is 23.2 cm³/mol. The van der Waals surface area contributed by atoms with Crippen molar-refractivity contribution < 1.29 is 13.0 Å². The molecule has 0 aliphatic heterocycles. The van der Waals surface area contributed by atoms with E-state index in [2.05, 4.69) is 5.84 Å². The zero-order valence-corrected chi connectivity index (χ0v) is 4.46. The van der Waals surface area contributed by atoms with E-state index in [0.29, 0.717) is 0 Å². The van der Waals surface area contributed by atoms with Gasteiger partial charge in [-0.15, -0.1) is 4.41 Å². The Bertz CT molecular complexity index is 199. The first-order valence-electron chi connectivity index (χ1n) is 1.40. The molecule has 0 saturated carbocycles. The molecule has 0 fully saturated rings. The Balaban J connectivity index is 4.34. The fraction of sp³-hybridized carbons (Fsp3) is 0. The minimum atomic E-state index is -4.50. The summed E-state index contributed by atoms with van der Waals surface area (Å²) in [4.78, 5) is 0. The average molecular weight is 137 g/mol. The van der Waals surface area contributed by atoms with Gasteiger partial charge in [-0.05, 0) is 0 Å². The van der Waals surface area contributed by atoms with Crippen LogP contribution >= 0.6 is 0 Å². The van der Waals surface area contributed by atoms with Gasteiger partial charge in [0.15, 0.2) is 0 Å². The molecule has 0 atom stereocenters. The zero-order valence-electron chi connectivity index (χ0n) is 3.64. The molecule has 6 nitrogen and oxygen atoms in total. The third-order valence-corrected chi connectivity index (χ3v) is 0.926. The maximum absolute atomic E-state index is 9.70. The molecule has 3 N–H and O–H groups in total. The fourth-order valence-corrected chi connectivity index (χ4v) is 0.155. The van der Waals surface area contributed by atoms with Gasteiger partial charge in [0.1, 0.15) is 0 Å². The third-order valence-electron chi connectivity index (χ3n) is 0.347. The highest BCUT2D eigenvalue weighted by molar-refractivity contribution is 7.83. The van der Waals surface area contributed by atoms with Gasteiger partial charge in [-0.3, -0.25) is 4.55 Å². The summed E-state index contributed by atoms with van der Waals surface area (Å²) in [5.74, 6) is 4.38. The smallest absolute Gasteiger partial charge is 0.267 e. The molecule has 0 bridgehead atoms. The van der Waals surface area contributed by atoms with Crippen molar-refractivity contribution in [3.63, 3.8) is 0 Å². The molecule has 0 aromatic carbocycles. The molecule has 0 unspecified atom stereocenters. The second-order valence-corrected chi connectivity index (χ2v) is 2.16. The molecule has 0 heterocycles. The summed E-state index contributed by atoms with van der Waals surface area (Å²) in [6, 6.07) is 0. The van der Waals surface area contributed by atoms with Crippen molar-refractivity contribution >= 4 is 10.3 Å². The monoisotopic (exact) mass is 137 g/mol. The molecule has 0 rings (SSSR count). The molecular weight excluding hydrogens is 134 g/mol. The lowest BCUT2D eigenvalue weighted by atomic mass is 11.4. The van der Waals surface area contributed by atoms with E-state index in [-0.39, 0.29) is 4.41 Å². The number of rotatable bonds is 1. The largest absolute Gasteiger partial charge is 0.382 e. The van der Waals surface area contributed by atoms with Gasteiger partial charge in [0, 0.05) is 0 Å². The number of nitriles is 1. The van der Waals surface area contributed by atoms with Crippen LogP contribution in [-0.2, 0) is 10.3 Å². The molecule has 0 spiro atoms. The first-order valence-corrected chi connectivity index (χ1v) is 2.80. The van der Waals surface area contributed by atoms with Crippen molar-refractivity contribution in [1.29, 1.82) is 5.26 Å². The van der Waals surface area contributed by atoms with Gasteiger partial charge in [-0.2, -0.15) is 13.7 Å². The molecule has 0 saturated heterocycles. The summed E-state index contributed by atoms with van der Waals surface area (Å²) in [5, 5.41) is 7.68. The molecule has 0 aromatic heterocycles. The van der Waals surface area contributed by atoms with Crippen LogP contribution in [0.3, 0.4) is 0 Å². The third kappa shape index (κ3) is 1.74. The Morgan fingerprint density at radius 2 is 2.12 bits per heavy atom. The molecule has 0 aliphatic rings. The van der Waals surface area contributed by atoms with E-state index in [0.717, 1.165) is 6.19 Å². The molecule has 8 heavy (non-hydrogen) atoms. The average Bonchev–Trinajstić information content (AvgIpc) is 1.62. The maximum Gasteiger partial charge on any atom is 0.382 e. The van der Waals surface area contributed by atoms with Crippen LogP contribution in [0.1, 0.15) is 0 Å². The number of hydrogen-bond acceptors (Lipinski definition) is 4. The van der Waals surface area contributed by atoms with Gasteiger partial charge in [0.25, 0.3) is 0 Å². The highest BCUT2D eigenvalue weighted by Gasteiger charge is 2.09. The maximum atomic E-state index is 9.70. The number of hydrazine groups is 1. The van der Waals surface area contributed by atoms with Crippen LogP contribution in [0.25, 0.3) is 0 Å². The lowest BCUT2D eigenvalue weighted by molar-refractivity contribution is 0.417. The summed E-state index contributed by atoms with van der Waals surface area (Å²) in [5.41, 5.74) is 0. The lowest BCUT2D eigenvalue weighted by Gasteiger charge is -1.99. The van der Waals surface area contributed by atoms with Crippen molar-refractivity contribution in [2.24, 2.45) is 5.84 Å². The van der Waals surface area contributed by atoms with Crippen LogP contribution in [0.2, 0.25) is 0 Å². The van der Waals surface area contributed by atoms with Crippen molar-refractivity contribution in [1.82, 2.24) is 4.41 Å². The minimum absolute atomic E-state index is 0.354. The van der Waals surface area contributed by atoms with E-state index in [4.69, 9.17) is 9.81 Å². The standard InChI is InChI=1S/CH3N3O3S/c2-1-4(3)8(5,6)7/h3H2,(H,5,6,7). The van der Waals surface area contributed by atoms with Crippen LogP contribution in [-0.4, -0.2) is 17.4 Å². The van der Waals surface area contributed by atoms with Crippen LogP contribution in [0.5, 0.6) is 0 Å². The second kappa shape index (κ2) is 1.95. The Morgan fingerprint density at radius 1 is 1.75 bits per heavy atom. The summed E-state index contributed by atoms with van der Waals surface area (Å²) < 4.78 is 26.9. The van der Waals surface area contributed by atoms with E-state index >= 15 is 0 Å². The van der Waals surface area contributed by atoms with E-state index in [1.165, 1.54) is 0 Å². The van der Waals surface area contributed by atoms with Crippen molar-refractivity contribution in [3.05, 3.63) is 0 Å². The lowest BCUT2D eigenvalue weighted by Crippen LogP contribution is -2.31. The Kier molecular flexibility index (Phi) is 1.75. The van der Waals surface area contributed by atoms with Gasteiger partial charge in [0.2, 0.25) is 6.19 Å². The van der Waals surface area contributed by atoms with Gasteiger partial charge >= 0.3 is 10.3 Å². The number of nitrogens with zero attached hydrogens (tertiary/aromatic N) is 2. The first kappa shape index (κ1) is 7.16. The predicted octanol–water partition coefficient (Wildman–Crippen LogP) is -1.55. The molecule has 0 aliphatic carbocycles. The van der Waals surface area contributed by atoms with Gasteiger partial charge in [0.05, 0.1) is 0 Å². The van der Waals surface area contributed by atoms with Crippen LogP contribution < -0.4 is 5.84 Å². The topological polar surface area (TPSA) is 107 Å². The van der Waals surface area contributed by atoms with Crippen molar-refractivity contribution in [2.45, 2.75) is 0 Å². The van der Waals surface area contributed by atoms with E-state index in [1.54, 1.807) is 0 Å². The minimum Gasteiger partial charge on any atom is -0.267 e. The highest BCUT2D eigenvalue weighted by Crippen LogP contribution is 1.81. The molecule has 0 radical (unpaired) electrons. The Labute approximate surface area is 46.0 Å². The van der Waals surface area contributed by atoms with Gasteiger partial charge in [-0.25, -0.2) is 5.84 Å². The van der Waals surface area contributed by atoms with E-state index in [9.17, 15) is 8.42 Å². The Morgan fingerprint density at radius 3 is 2.12 bits per heavy atom. The van der Waals surface area contributed by atoms with Crippen molar-refractivity contribution in [2.75, 3.05) is 0 Å². The van der Waals surface area contributed by atoms with Crippen LogP contribution in [0, 0.1) is 11.5 Å². The van der Waals surface area contributed by atoms with Crippen LogP contribution in [0.15, 0.2) is 0 Å². The number of hydrogen-bond donors (Lipinski definition) is 2. The molecule has 7 heteroatoms. The van der Waals surface area contributed by atoms with Crippen molar-refractivity contribution in [3.8, 4) is 6.19 Å². The fourth-order valence-electron chi connectivity index (χ4n) is 0.0516. The summed E-state index contributed by atoms with van der Waals surface area (Å²) in [6.07, 6.45) is 0.978. The molecular formula is CH3N3O3S. The Hall–Kier alpha value is -0.840. The SMILES string of the molecule is N#CN(N)S(=O)(=O)O. The van der Waals surface area contributed by atoms with E-state index < -0.39 is 10.3 Å².